The van der Waals surface area contributed by atoms with Gasteiger partial charge >= 0.3 is 0 Å². The Balaban J connectivity index is 2.22. The fourth-order valence-electron chi connectivity index (χ4n) is 2.20. The van der Waals surface area contributed by atoms with Crippen molar-refractivity contribution in [2.45, 2.75) is 25.7 Å². The van der Waals surface area contributed by atoms with Gasteiger partial charge in [0.1, 0.15) is 5.82 Å². The highest BCUT2D eigenvalue weighted by Gasteiger charge is 2.14. The molecule has 1 saturated heterocycles. The summed E-state index contributed by atoms with van der Waals surface area (Å²) in [6.07, 6.45) is 4.97. The highest BCUT2D eigenvalue weighted by atomic mass is 32.1. The van der Waals surface area contributed by atoms with Gasteiger partial charge in [0.25, 0.3) is 0 Å². The number of hydrogen-bond acceptors (Lipinski definition) is 5. The summed E-state index contributed by atoms with van der Waals surface area (Å²) in [5, 5.41) is 6.28. The number of rotatable bonds is 3. The fourth-order valence-corrected chi connectivity index (χ4v) is 2.29. The Bertz CT molecular complexity index is 460. The molecule has 110 valence electrons. The maximum absolute atomic E-state index is 5.25. The van der Waals surface area contributed by atoms with Crippen LogP contribution in [-0.4, -0.2) is 42.3 Å². The van der Waals surface area contributed by atoms with Gasteiger partial charge in [0, 0.05) is 26.2 Å². The van der Waals surface area contributed by atoms with Crippen molar-refractivity contribution < 1.29 is 4.74 Å². The van der Waals surface area contributed by atoms with Crippen LogP contribution in [-0.2, 0) is 0 Å². The Kier molecular flexibility index (Phi) is 5.34. The Morgan fingerprint density at radius 2 is 1.95 bits per heavy atom. The molecule has 20 heavy (non-hydrogen) atoms. The van der Waals surface area contributed by atoms with Gasteiger partial charge < -0.3 is 20.3 Å². The third-order valence-corrected chi connectivity index (χ3v) is 3.59. The minimum Gasteiger partial charge on any atom is -0.481 e. The average molecular weight is 295 g/mol. The van der Waals surface area contributed by atoms with Gasteiger partial charge in [-0.3, -0.25) is 0 Å². The van der Waals surface area contributed by atoms with E-state index in [-0.39, 0.29) is 0 Å². The number of anilines is 2. The van der Waals surface area contributed by atoms with E-state index in [2.05, 4.69) is 25.5 Å². The monoisotopic (exact) mass is 295 g/mol. The quantitative estimate of drug-likeness (QED) is 0.824. The standard InChI is InChI=1S/C13H21N5OS/c1-14-13(20)17-12-15-10(9-11(16-12)19-2)18-7-5-3-4-6-8-18/h9H,3-8H2,1-2H3,(H2,14,15,16,17,20). The Hall–Kier alpha value is -1.63. The molecule has 1 aromatic rings. The second kappa shape index (κ2) is 7.23. The molecule has 6 nitrogen and oxygen atoms in total. The van der Waals surface area contributed by atoms with E-state index in [0.29, 0.717) is 16.9 Å². The van der Waals surface area contributed by atoms with Gasteiger partial charge in [-0.2, -0.15) is 9.97 Å². The zero-order chi connectivity index (χ0) is 14.4. The Morgan fingerprint density at radius 3 is 2.55 bits per heavy atom. The van der Waals surface area contributed by atoms with Crippen LogP contribution in [0.2, 0.25) is 0 Å². The first-order valence-corrected chi connectivity index (χ1v) is 7.30. The number of aromatic nitrogens is 2. The molecule has 0 amide bonds. The first kappa shape index (κ1) is 14.8. The van der Waals surface area contributed by atoms with E-state index in [4.69, 9.17) is 17.0 Å². The highest BCUT2D eigenvalue weighted by molar-refractivity contribution is 7.80. The number of nitrogens with zero attached hydrogens (tertiary/aromatic N) is 3. The summed E-state index contributed by atoms with van der Waals surface area (Å²) in [6.45, 7) is 2.05. The van der Waals surface area contributed by atoms with Crippen molar-refractivity contribution in [3.8, 4) is 5.88 Å². The van der Waals surface area contributed by atoms with Crippen LogP contribution in [0.3, 0.4) is 0 Å². The molecule has 1 aliphatic rings. The van der Waals surface area contributed by atoms with E-state index in [1.165, 1.54) is 25.7 Å². The van der Waals surface area contributed by atoms with Gasteiger partial charge in [-0.1, -0.05) is 12.8 Å². The number of hydrogen-bond donors (Lipinski definition) is 2. The number of nitrogens with one attached hydrogen (secondary N) is 2. The maximum Gasteiger partial charge on any atom is 0.234 e. The van der Waals surface area contributed by atoms with Crippen LogP contribution < -0.4 is 20.3 Å². The summed E-state index contributed by atoms with van der Waals surface area (Å²) >= 11 is 5.08. The minimum atomic E-state index is 0.461. The number of methoxy groups -OCH3 is 1. The summed E-state index contributed by atoms with van der Waals surface area (Å²) in [6, 6.07) is 1.87. The van der Waals surface area contributed by atoms with Gasteiger partial charge in [-0.15, -0.1) is 0 Å². The molecule has 0 spiro atoms. The second-order valence-electron chi connectivity index (χ2n) is 4.70. The first-order valence-electron chi connectivity index (χ1n) is 6.89. The van der Waals surface area contributed by atoms with Gasteiger partial charge in [0.2, 0.25) is 11.8 Å². The van der Waals surface area contributed by atoms with Crippen molar-refractivity contribution in [2.24, 2.45) is 0 Å². The molecule has 2 rings (SSSR count). The fraction of sp³-hybridized carbons (Fsp3) is 0.615. The molecule has 0 atom stereocenters. The summed E-state index contributed by atoms with van der Waals surface area (Å²) < 4.78 is 5.25. The molecule has 0 unspecified atom stereocenters. The van der Waals surface area contributed by atoms with Crippen molar-refractivity contribution in [3.05, 3.63) is 6.07 Å². The van der Waals surface area contributed by atoms with Gasteiger partial charge in [-0.05, 0) is 25.1 Å². The molecule has 0 radical (unpaired) electrons. The van der Waals surface area contributed by atoms with Crippen LogP contribution in [0, 0.1) is 0 Å². The Morgan fingerprint density at radius 1 is 1.25 bits per heavy atom. The van der Waals surface area contributed by atoms with Gasteiger partial charge in [0.15, 0.2) is 5.11 Å². The number of thiocarbonyl (C=S) groups is 1. The molecule has 2 N–H and O–H groups in total. The van der Waals surface area contributed by atoms with E-state index < -0.39 is 0 Å². The molecule has 2 heterocycles. The largest absolute Gasteiger partial charge is 0.481 e. The molecule has 1 fully saturated rings. The SMILES string of the molecule is CNC(=S)Nc1nc(OC)cc(N2CCCCCC2)n1. The van der Waals surface area contributed by atoms with Crippen LogP contribution in [0.5, 0.6) is 5.88 Å². The molecule has 7 heteroatoms. The predicted octanol–water partition coefficient (Wildman–Crippen LogP) is 1.78. The topological polar surface area (TPSA) is 62.3 Å². The third-order valence-electron chi connectivity index (χ3n) is 3.28. The lowest BCUT2D eigenvalue weighted by atomic mass is 10.2. The van der Waals surface area contributed by atoms with Crippen molar-refractivity contribution in [2.75, 3.05) is 37.5 Å². The zero-order valence-electron chi connectivity index (χ0n) is 12.0. The van der Waals surface area contributed by atoms with Gasteiger partial charge in [0.05, 0.1) is 7.11 Å². The van der Waals surface area contributed by atoms with Crippen molar-refractivity contribution in [3.63, 3.8) is 0 Å². The van der Waals surface area contributed by atoms with Crippen LogP contribution >= 0.6 is 12.2 Å². The molecule has 1 aromatic heterocycles. The summed E-state index contributed by atoms with van der Waals surface area (Å²) in [4.78, 5) is 11.1. The molecular formula is C13H21N5OS. The molecule has 0 aliphatic carbocycles. The summed E-state index contributed by atoms with van der Waals surface area (Å²) in [5.41, 5.74) is 0. The van der Waals surface area contributed by atoms with E-state index in [1.54, 1.807) is 14.2 Å². The van der Waals surface area contributed by atoms with E-state index in [0.717, 1.165) is 18.9 Å². The maximum atomic E-state index is 5.25. The van der Waals surface area contributed by atoms with Crippen LogP contribution in [0.15, 0.2) is 6.07 Å². The normalized spacial score (nSPS) is 15.4. The van der Waals surface area contributed by atoms with E-state index >= 15 is 0 Å². The smallest absolute Gasteiger partial charge is 0.234 e. The van der Waals surface area contributed by atoms with Crippen molar-refractivity contribution >= 4 is 29.1 Å². The first-order chi connectivity index (χ1) is 9.72. The molecular weight excluding hydrogens is 274 g/mol. The predicted molar refractivity (Wildman–Crippen MR) is 84.5 cm³/mol. The van der Waals surface area contributed by atoms with Crippen LogP contribution in [0.25, 0.3) is 0 Å². The van der Waals surface area contributed by atoms with E-state index in [9.17, 15) is 0 Å². The lowest BCUT2D eigenvalue weighted by Gasteiger charge is -2.22. The van der Waals surface area contributed by atoms with Crippen LogP contribution in [0.1, 0.15) is 25.7 Å². The highest BCUT2D eigenvalue weighted by Crippen LogP contribution is 2.22. The lowest BCUT2D eigenvalue weighted by Crippen LogP contribution is -2.28. The summed E-state index contributed by atoms with van der Waals surface area (Å²) in [5.74, 6) is 1.89. The molecule has 0 aromatic carbocycles. The minimum absolute atomic E-state index is 0.461. The van der Waals surface area contributed by atoms with Crippen molar-refractivity contribution in [1.29, 1.82) is 0 Å². The van der Waals surface area contributed by atoms with Crippen molar-refractivity contribution in [1.82, 2.24) is 15.3 Å². The second-order valence-corrected chi connectivity index (χ2v) is 5.11. The molecule has 0 bridgehead atoms. The van der Waals surface area contributed by atoms with Crippen LogP contribution in [0.4, 0.5) is 11.8 Å². The third kappa shape index (κ3) is 3.93. The summed E-state index contributed by atoms with van der Waals surface area (Å²) in [7, 11) is 3.36. The van der Waals surface area contributed by atoms with E-state index in [1.807, 2.05) is 6.07 Å². The Labute approximate surface area is 124 Å². The molecule has 1 aliphatic heterocycles. The number of ether oxygens (including phenoxy) is 1. The zero-order valence-corrected chi connectivity index (χ0v) is 12.8. The molecule has 0 saturated carbocycles. The van der Waals surface area contributed by atoms with Gasteiger partial charge in [-0.25, -0.2) is 0 Å². The lowest BCUT2D eigenvalue weighted by molar-refractivity contribution is 0.397. The average Bonchev–Trinajstić information content (AvgIpc) is 2.75.